The van der Waals surface area contributed by atoms with Crippen LogP contribution >= 0.6 is 11.8 Å². The summed E-state index contributed by atoms with van der Waals surface area (Å²) in [7, 11) is 0. The van der Waals surface area contributed by atoms with Crippen LogP contribution in [-0.4, -0.2) is 30.2 Å². The van der Waals surface area contributed by atoms with E-state index in [2.05, 4.69) is 24.8 Å². The maximum Gasteiger partial charge on any atom is 0.144 e. The van der Waals surface area contributed by atoms with Crippen LogP contribution < -0.4 is 15.4 Å². The Morgan fingerprint density at radius 1 is 1.44 bits per heavy atom. The van der Waals surface area contributed by atoms with Crippen molar-refractivity contribution in [3.63, 3.8) is 0 Å². The van der Waals surface area contributed by atoms with Crippen molar-refractivity contribution in [2.75, 3.05) is 36.1 Å². The van der Waals surface area contributed by atoms with Gasteiger partial charge < -0.3 is 15.4 Å². The average molecular weight is 266 g/mol. The lowest BCUT2D eigenvalue weighted by Gasteiger charge is -2.39. The summed E-state index contributed by atoms with van der Waals surface area (Å²) in [6.07, 6.45) is 0. The highest BCUT2D eigenvalue weighted by atomic mass is 32.2. The van der Waals surface area contributed by atoms with E-state index in [1.54, 1.807) is 0 Å². The van der Waals surface area contributed by atoms with Crippen molar-refractivity contribution >= 4 is 23.1 Å². The molecule has 100 valence electrons. The van der Waals surface area contributed by atoms with Gasteiger partial charge in [-0.05, 0) is 32.9 Å². The minimum Gasteiger partial charge on any atom is -0.492 e. The zero-order valence-electron chi connectivity index (χ0n) is 11.4. The minimum atomic E-state index is 0.284. The molecule has 0 radical (unpaired) electrons. The van der Waals surface area contributed by atoms with Crippen molar-refractivity contribution < 1.29 is 4.74 Å². The van der Waals surface area contributed by atoms with E-state index in [0.717, 1.165) is 36.0 Å². The first-order valence-corrected chi connectivity index (χ1v) is 7.42. The number of hydrogen-bond donors (Lipinski definition) is 1. The number of nitrogens with zero attached hydrogens (tertiary/aromatic N) is 1. The molecule has 1 heterocycles. The Morgan fingerprint density at radius 2 is 2.22 bits per heavy atom. The molecule has 2 N–H and O–H groups in total. The summed E-state index contributed by atoms with van der Waals surface area (Å²) < 4.78 is 5.85. The van der Waals surface area contributed by atoms with Crippen LogP contribution in [0.5, 0.6) is 5.75 Å². The van der Waals surface area contributed by atoms with Crippen LogP contribution in [0.2, 0.25) is 0 Å². The molecule has 1 aliphatic rings. The number of anilines is 2. The average Bonchev–Trinajstić information content (AvgIpc) is 2.31. The Kier molecular flexibility index (Phi) is 3.95. The maximum absolute atomic E-state index is 6.22. The van der Waals surface area contributed by atoms with Crippen molar-refractivity contribution in [3.05, 3.63) is 18.2 Å². The molecule has 0 aliphatic carbocycles. The minimum absolute atomic E-state index is 0.284. The molecule has 0 unspecified atom stereocenters. The topological polar surface area (TPSA) is 38.5 Å². The van der Waals surface area contributed by atoms with E-state index in [1.807, 2.05) is 30.8 Å². The molecule has 4 heteroatoms. The fourth-order valence-corrected chi connectivity index (χ4v) is 3.42. The number of nitrogens with two attached hydrogens (primary N) is 1. The summed E-state index contributed by atoms with van der Waals surface area (Å²) in [4.78, 5) is 2.37. The molecule has 3 nitrogen and oxygen atoms in total. The molecule has 0 spiro atoms. The zero-order valence-corrected chi connectivity index (χ0v) is 12.2. The van der Waals surface area contributed by atoms with Gasteiger partial charge in [-0.2, -0.15) is 11.8 Å². The zero-order chi connectivity index (χ0) is 13.2. The summed E-state index contributed by atoms with van der Waals surface area (Å²) in [6.45, 7) is 9.27. The van der Waals surface area contributed by atoms with E-state index in [0.29, 0.717) is 6.61 Å². The third kappa shape index (κ3) is 2.86. The summed E-state index contributed by atoms with van der Waals surface area (Å²) in [6, 6.07) is 6.04. The highest BCUT2D eigenvalue weighted by Crippen LogP contribution is 2.37. The van der Waals surface area contributed by atoms with Crippen LogP contribution in [0.1, 0.15) is 20.8 Å². The first-order chi connectivity index (χ1) is 8.53. The lowest BCUT2D eigenvalue weighted by Crippen LogP contribution is -2.43. The number of para-hydroxylation sites is 1. The second-order valence-corrected chi connectivity index (χ2v) is 6.95. The molecule has 0 saturated carbocycles. The Balaban J connectivity index is 2.25. The van der Waals surface area contributed by atoms with Crippen molar-refractivity contribution in [2.45, 2.75) is 25.5 Å². The van der Waals surface area contributed by atoms with Crippen molar-refractivity contribution in [1.29, 1.82) is 0 Å². The Hall–Kier alpha value is -1.03. The van der Waals surface area contributed by atoms with Gasteiger partial charge in [-0.15, -0.1) is 0 Å². The smallest absolute Gasteiger partial charge is 0.144 e. The molecule has 18 heavy (non-hydrogen) atoms. The molecule has 1 aromatic carbocycles. The van der Waals surface area contributed by atoms with Gasteiger partial charge in [0.25, 0.3) is 0 Å². The monoisotopic (exact) mass is 266 g/mol. The molecular formula is C14H22N2OS. The van der Waals surface area contributed by atoms with Gasteiger partial charge in [0, 0.05) is 23.6 Å². The lowest BCUT2D eigenvalue weighted by molar-refractivity contribution is 0.342. The van der Waals surface area contributed by atoms with Crippen molar-refractivity contribution in [1.82, 2.24) is 0 Å². The highest BCUT2D eigenvalue weighted by molar-refractivity contribution is 8.00. The molecule has 0 amide bonds. The van der Waals surface area contributed by atoms with E-state index < -0.39 is 0 Å². The van der Waals surface area contributed by atoms with Crippen LogP contribution in [0.25, 0.3) is 0 Å². The van der Waals surface area contributed by atoms with Crippen LogP contribution in [0.4, 0.5) is 11.4 Å². The van der Waals surface area contributed by atoms with Gasteiger partial charge in [0.2, 0.25) is 0 Å². The molecule has 0 bridgehead atoms. The van der Waals surface area contributed by atoms with Crippen LogP contribution in [0.3, 0.4) is 0 Å². The standard InChI is InChI=1S/C14H22N2OS/c1-4-17-12-7-5-6-11(13(12)15)16-8-9-18-14(2,3)10-16/h5-7H,4,8-10,15H2,1-3H3. The van der Waals surface area contributed by atoms with Gasteiger partial charge >= 0.3 is 0 Å². The molecule has 1 fully saturated rings. The normalized spacial score (nSPS) is 18.7. The van der Waals surface area contributed by atoms with Gasteiger partial charge in [0.05, 0.1) is 18.0 Å². The summed E-state index contributed by atoms with van der Waals surface area (Å²) in [5, 5.41) is 0. The second-order valence-electron chi connectivity index (χ2n) is 5.15. The van der Waals surface area contributed by atoms with Crippen LogP contribution in [0, 0.1) is 0 Å². The second kappa shape index (κ2) is 5.31. The summed E-state index contributed by atoms with van der Waals surface area (Å²) in [5.74, 6) is 1.94. The molecule has 0 atom stereocenters. The van der Waals surface area contributed by atoms with Crippen LogP contribution in [0.15, 0.2) is 18.2 Å². The first-order valence-electron chi connectivity index (χ1n) is 6.44. The fraction of sp³-hybridized carbons (Fsp3) is 0.571. The largest absolute Gasteiger partial charge is 0.492 e. The number of nitrogen functional groups attached to an aromatic ring is 1. The quantitative estimate of drug-likeness (QED) is 0.854. The molecule has 2 rings (SSSR count). The van der Waals surface area contributed by atoms with E-state index in [9.17, 15) is 0 Å². The van der Waals surface area contributed by atoms with E-state index in [1.165, 1.54) is 0 Å². The number of rotatable bonds is 3. The SMILES string of the molecule is CCOc1cccc(N2CCSC(C)(C)C2)c1N. The Labute approximate surface area is 114 Å². The molecule has 1 aromatic rings. The van der Waals surface area contributed by atoms with E-state index in [-0.39, 0.29) is 4.75 Å². The maximum atomic E-state index is 6.22. The fourth-order valence-electron chi connectivity index (χ4n) is 2.31. The van der Waals surface area contributed by atoms with Gasteiger partial charge in [-0.3, -0.25) is 0 Å². The summed E-state index contributed by atoms with van der Waals surface area (Å²) in [5.41, 5.74) is 8.09. The number of ether oxygens (including phenoxy) is 1. The molecule has 1 aliphatic heterocycles. The van der Waals surface area contributed by atoms with Crippen LogP contribution in [-0.2, 0) is 0 Å². The van der Waals surface area contributed by atoms with Gasteiger partial charge in [0.15, 0.2) is 0 Å². The third-order valence-corrected chi connectivity index (χ3v) is 4.41. The summed E-state index contributed by atoms with van der Waals surface area (Å²) >= 11 is 2.03. The van der Waals surface area contributed by atoms with Gasteiger partial charge in [-0.25, -0.2) is 0 Å². The van der Waals surface area contributed by atoms with E-state index in [4.69, 9.17) is 10.5 Å². The Morgan fingerprint density at radius 3 is 2.89 bits per heavy atom. The van der Waals surface area contributed by atoms with Gasteiger partial charge in [0.1, 0.15) is 5.75 Å². The first kappa shape index (κ1) is 13.4. The van der Waals surface area contributed by atoms with Crippen molar-refractivity contribution in [3.8, 4) is 5.75 Å². The van der Waals surface area contributed by atoms with E-state index >= 15 is 0 Å². The predicted molar refractivity (Wildman–Crippen MR) is 80.8 cm³/mol. The van der Waals surface area contributed by atoms with Crippen molar-refractivity contribution in [2.24, 2.45) is 0 Å². The lowest BCUT2D eigenvalue weighted by atomic mass is 10.1. The molecular weight excluding hydrogens is 244 g/mol. The number of thioether (sulfide) groups is 1. The van der Waals surface area contributed by atoms with Gasteiger partial charge in [-0.1, -0.05) is 6.07 Å². The molecule has 1 saturated heterocycles. The third-order valence-electron chi connectivity index (χ3n) is 3.11. The Bertz CT molecular complexity index is 420. The highest BCUT2D eigenvalue weighted by Gasteiger charge is 2.28. The number of benzene rings is 1. The predicted octanol–water partition coefficient (Wildman–Crippen LogP) is 3.00. The number of hydrogen-bond acceptors (Lipinski definition) is 4. The molecule has 0 aromatic heterocycles.